The SMILES string of the molecule is CNc1cc(C(F)(F)F)c(F)cc1CCCOC.Cc1c(OCCN2CCNCC2)nn(-c2ccccc2)c1NC=O. The molecule has 2 aromatic carbocycles. The van der Waals surface area contributed by atoms with Gasteiger partial charge in [0.05, 0.1) is 16.8 Å². The molecule has 1 aromatic heterocycles. The highest BCUT2D eigenvalue weighted by Gasteiger charge is 2.34. The van der Waals surface area contributed by atoms with Gasteiger partial charge >= 0.3 is 6.18 Å². The van der Waals surface area contributed by atoms with Crippen LogP contribution in [-0.2, 0) is 22.1 Å². The molecule has 3 N–H and O–H groups in total. The highest BCUT2D eigenvalue weighted by atomic mass is 19.4. The average Bonchev–Trinajstić information content (AvgIpc) is 3.29. The molecule has 230 valence electrons. The van der Waals surface area contributed by atoms with E-state index in [4.69, 9.17) is 9.47 Å². The maximum Gasteiger partial charge on any atom is 0.419 e. The zero-order valence-corrected chi connectivity index (χ0v) is 24.1. The van der Waals surface area contributed by atoms with Gasteiger partial charge in [-0.05, 0) is 49.6 Å². The molecule has 42 heavy (non-hydrogen) atoms. The van der Waals surface area contributed by atoms with E-state index < -0.39 is 17.6 Å². The summed E-state index contributed by atoms with van der Waals surface area (Å²) in [5, 5.41) is 13.2. The predicted octanol–water partition coefficient (Wildman–Crippen LogP) is 4.50. The number of alkyl halides is 3. The van der Waals surface area contributed by atoms with Crippen molar-refractivity contribution in [2.45, 2.75) is 25.9 Å². The minimum Gasteiger partial charge on any atom is -0.475 e. The first-order valence-corrected chi connectivity index (χ1v) is 13.7. The number of piperazine rings is 1. The van der Waals surface area contributed by atoms with Crippen molar-refractivity contribution in [3.8, 4) is 11.6 Å². The molecule has 0 aliphatic carbocycles. The number of carbonyl (C=O) groups excluding carboxylic acids is 1. The monoisotopic (exact) mass is 594 g/mol. The minimum atomic E-state index is -4.68. The van der Waals surface area contributed by atoms with E-state index in [1.165, 1.54) is 14.2 Å². The second-order valence-corrected chi connectivity index (χ2v) is 9.56. The second kappa shape index (κ2) is 16.1. The Balaban J connectivity index is 0.000000241. The van der Waals surface area contributed by atoms with Gasteiger partial charge in [0.2, 0.25) is 12.3 Å². The molecule has 0 unspecified atom stereocenters. The fraction of sp³-hybridized carbons (Fsp3) is 0.448. The van der Waals surface area contributed by atoms with Crippen LogP contribution in [0.15, 0.2) is 42.5 Å². The van der Waals surface area contributed by atoms with Crippen LogP contribution in [0.5, 0.6) is 5.88 Å². The molecule has 1 aliphatic rings. The summed E-state index contributed by atoms with van der Waals surface area (Å²) in [5.74, 6) is -0.0550. The molecule has 9 nitrogen and oxygen atoms in total. The number of ether oxygens (including phenoxy) is 2. The minimum absolute atomic E-state index is 0.292. The van der Waals surface area contributed by atoms with Gasteiger partial charge in [-0.2, -0.15) is 13.2 Å². The number of nitrogens with one attached hydrogen (secondary N) is 3. The molecule has 0 atom stereocenters. The van der Waals surface area contributed by atoms with Crippen molar-refractivity contribution in [2.24, 2.45) is 0 Å². The van der Waals surface area contributed by atoms with Gasteiger partial charge in [-0.15, -0.1) is 5.10 Å². The fourth-order valence-corrected chi connectivity index (χ4v) is 4.48. The van der Waals surface area contributed by atoms with Crippen molar-refractivity contribution in [1.82, 2.24) is 20.0 Å². The van der Waals surface area contributed by atoms with Gasteiger partial charge in [-0.25, -0.2) is 9.07 Å². The van der Waals surface area contributed by atoms with Gasteiger partial charge in [0, 0.05) is 59.2 Å². The van der Waals surface area contributed by atoms with Crippen LogP contribution in [0.4, 0.5) is 29.1 Å². The first-order chi connectivity index (χ1) is 20.2. The Hall–Kier alpha value is -3.68. The van der Waals surface area contributed by atoms with E-state index in [-0.39, 0.29) is 0 Å². The molecule has 1 saturated heterocycles. The molecule has 13 heteroatoms. The van der Waals surface area contributed by atoms with Crippen LogP contribution < -0.4 is 20.7 Å². The molecule has 1 aliphatic heterocycles. The van der Waals surface area contributed by atoms with E-state index in [1.807, 2.05) is 37.3 Å². The third-order valence-corrected chi connectivity index (χ3v) is 6.69. The number of rotatable bonds is 12. The molecule has 1 amide bonds. The third kappa shape index (κ3) is 9.16. The van der Waals surface area contributed by atoms with Gasteiger partial charge in [0.1, 0.15) is 18.2 Å². The molecule has 4 rings (SSSR count). The van der Waals surface area contributed by atoms with Crippen LogP contribution in [-0.4, -0.2) is 81.2 Å². The van der Waals surface area contributed by atoms with E-state index >= 15 is 0 Å². The molecule has 2 heterocycles. The zero-order chi connectivity index (χ0) is 30.5. The Morgan fingerprint density at radius 2 is 1.83 bits per heavy atom. The lowest BCUT2D eigenvalue weighted by atomic mass is 10.0. The summed E-state index contributed by atoms with van der Waals surface area (Å²) in [5.41, 5.74) is 1.26. The second-order valence-electron chi connectivity index (χ2n) is 9.56. The first kappa shape index (κ1) is 32.8. The van der Waals surface area contributed by atoms with Crippen molar-refractivity contribution < 1.29 is 31.8 Å². The van der Waals surface area contributed by atoms with Crippen LogP contribution in [0.25, 0.3) is 5.69 Å². The van der Waals surface area contributed by atoms with Crippen molar-refractivity contribution in [1.29, 1.82) is 0 Å². The number of nitrogens with zero attached hydrogens (tertiary/aromatic N) is 3. The van der Waals surface area contributed by atoms with Gasteiger partial charge in [-0.3, -0.25) is 9.69 Å². The van der Waals surface area contributed by atoms with E-state index in [0.29, 0.717) is 55.4 Å². The standard InChI is InChI=1S/C17H23N5O2.C12H15F4NO/c1-14-16(19-13-23)22(15-5-3-2-4-6-15)20-17(14)24-12-11-21-9-7-18-8-10-21;1-17-11-7-9(12(14,15)16)10(13)6-8(11)4-3-5-18-2/h2-6,13,18H,7-12H2,1H3,(H,19,23);6-7,17H,3-5H2,1-2H3. The Labute approximate surface area is 243 Å². The van der Waals surface area contributed by atoms with E-state index in [9.17, 15) is 22.4 Å². The van der Waals surface area contributed by atoms with Crippen molar-refractivity contribution >= 4 is 17.9 Å². The van der Waals surface area contributed by atoms with Gasteiger partial charge < -0.3 is 25.4 Å². The third-order valence-electron chi connectivity index (χ3n) is 6.69. The predicted molar refractivity (Wildman–Crippen MR) is 154 cm³/mol. The Morgan fingerprint density at radius 3 is 2.45 bits per heavy atom. The van der Waals surface area contributed by atoms with Gasteiger partial charge in [0.25, 0.3) is 0 Å². The number of aryl methyl sites for hydroxylation is 1. The number of amides is 1. The lowest BCUT2D eigenvalue weighted by Crippen LogP contribution is -2.44. The molecular formula is C29H38F4N6O3. The molecular weight excluding hydrogens is 556 g/mol. The summed E-state index contributed by atoms with van der Waals surface area (Å²) in [6.07, 6.45) is -2.94. The lowest BCUT2D eigenvalue weighted by molar-refractivity contribution is -0.139. The van der Waals surface area contributed by atoms with Crippen LogP contribution >= 0.6 is 0 Å². The molecule has 0 spiro atoms. The summed E-state index contributed by atoms with van der Waals surface area (Å²) < 4.78 is 63.4. The van der Waals surface area contributed by atoms with Gasteiger partial charge in [-0.1, -0.05) is 18.2 Å². The molecule has 3 aromatic rings. The Morgan fingerprint density at radius 1 is 1.12 bits per heavy atom. The number of anilines is 2. The van der Waals surface area contributed by atoms with E-state index in [2.05, 4.69) is 25.9 Å². The maximum absolute atomic E-state index is 13.4. The first-order valence-electron chi connectivity index (χ1n) is 13.7. The van der Waals surface area contributed by atoms with Crippen LogP contribution in [0, 0.1) is 12.7 Å². The van der Waals surface area contributed by atoms with Gasteiger partial charge in [0.15, 0.2) is 0 Å². The number of carbonyl (C=O) groups is 1. The quantitative estimate of drug-likeness (QED) is 0.162. The summed E-state index contributed by atoms with van der Waals surface area (Å²) in [4.78, 5) is 13.3. The number of halogens is 4. The number of benzene rings is 2. The Bertz CT molecular complexity index is 1260. The van der Waals surface area contributed by atoms with Crippen molar-refractivity contribution in [3.63, 3.8) is 0 Å². The summed E-state index contributed by atoms with van der Waals surface area (Å²) in [7, 11) is 3.04. The molecule has 0 radical (unpaired) electrons. The molecule has 0 bridgehead atoms. The number of hydrogen-bond donors (Lipinski definition) is 3. The van der Waals surface area contributed by atoms with E-state index in [0.717, 1.165) is 56.1 Å². The topological polar surface area (TPSA) is 92.7 Å². The molecule has 0 saturated carbocycles. The fourth-order valence-electron chi connectivity index (χ4n) is 4.48. The van der Waals surface area contributed by atoms with E-state index in [1.54, 1.807) is 4.68 Å². The smallest absolute Gasteiger partial charge is 0.419 e. The largest absolute Gasteiger partial charge is 0.475 e. The summed E-state index contributed by atoms with van der Waals surface area (Å²) in [6, 6.07) is 11.4. The summed E-state index contributed by atoms with van der Waals surface area (Å²) >= 11 is 0. The summed E-state index contributed by atoms with van der Waals surface area (Å²) in [6.45, 7) is 7.95. The number of aromatic nitrogens is 2. The maximum atomic E-state index is 13.4. The number of para-hydroxylation sites is 1. The number of hydrogen-bond acceptors (Lipinski definition) is 7. The zero-order valence-electron chi connectivity index (χ0n) is 24.1. The normalized spacial score (nSPS) is 13.7. The van der Waals surface area contributed by atoms with Crippen molar-refractivity contribution in [2.75, 3.05) is 70.7 Å². The van der Waals surface area contributed by atoms with Crippen LogP contribution in [0.3, 0.4) is 0 Å². The average molecular weight is 595 g/mol. The van der Waals surface area contributed by atoms with Crippen LogP contribution in [0.1, 0.15) is 23.1 Å². The Kier molecular flexibility index (Phi) is 12.6. The lowest BCUT2D eigenvalue weighted by Gasteiger charge is -2.26. The highest BCUT2D eigenvalue weighted by molar-refractivity contribution is 5.73. The van der Waals surface area contributed by atoms with Crippen LogP contribution in [0.2, 0.25) is 0 Å². The molecule has 1 fully saturated rings. The number of methoxy groups -OCH3 is 1. The highest BCUT2D eigenvalue weighted by Crippen LogP contribution is 2.35. The van der Waals surface area contributed by atoms with Crippen molar-refractivity contribution in [3.05, 3.63) is 65.0 Å².